The van der Waals surface area contributed by atoms with Gasteiger partial charge in [0.2, 0.25) is 15.7 Å². The van der Waals surface area contributed by atoms with Gasteiger partial charge in [-0.2, -0.15) is 0 Å². The van der Waals surface area contributed by atoms with Gasteiger partial charge in [-0.1, -0.05) is 53.1 Å². The van der Waals surface area contributed by atoms with Crippen molar-refractivity contribution in [3.63, 3.8) is 0 Å². The summed E-state index contributed by atoms with van der Waals surface area (Å²) in [5.41, 5.74) is 2.27. The minimum atomic E-state index is -3.69. The van der Waals surface area contributed by atoms with E-state index in [1.807, 2.05) is 31.2 Å². The molecule has 8 heteroatoms. The third-order valence-electron chi connectivity index (χ3n) is 4.05. The van der Waals surface area contributed by atoms with Gasteiger partial charge in [0, 0.05) is 18.5 Å². The molecular weight excluding hydrogens is 378 g/mol. The van der Waals surface area contributed by atoms with Crippen LogP contribution in [0.15, 0.2) is 64.2 Å². The van der Waals surface area contributed by atoms with Crippen molar-refractivity contribution >= 4 is 15.7 Å². The fourth-order valence-corrected chi connectivity index (χ4v) is 3.79. The third kappa shape index (κ3) is 5.26. The molecule has 0 aliphatic carbocycles. The molecule has 7 nitrogen and oxygen atoms in total. The van der Waals surface area contributed by atoms with Crippen LogP contribution in [0, 0.1) is 6.92 Å². The summed E-state index contributed by atoms with van der Waals surface area (Å²) in [6.07, 6.45) is 0.930. The van der Waals surface area contributed by atoms with Gasteiger partial charge in [-0.3, -0.25) is 4.79 Å². The van der Waals surface area contributed by atoms with Gasteiger partial charge in [0.15, 0.2) is 0 Å². The highest BCUT2D eigenvalue weighted by atomic mass is 32.2. The molecule has 3 aromatic rings. The Balaban J connectivity index is 1.50. The maximum Gasteiger partial charge on any atom is 0.335 e. The van der Waals surface area contributed by atoms with Crippen LogP contribution in [0.25, 0.3) is 0 Å². The molecule has 0 saturated heterocycles. The lowest BCUT2D eigenvalue weighted by Gasteiger charge is -2.04. The molecule has 0 unspecified atom stereocenters. The van der Waals surface area contributed by atoms with Crippen LogP contribution in [-0.2, 0) is 22.0 Å². The molecule has 0 fully saturated rings. The zero-order valence-corrected chi connectivity index (χ0v) is 16.3. The van der Waals surface area contributed by atoms with E-state index < -0.39 is 9.84 Å². The molecular formula is C20H21N3O4S. The summed E-state index contributed by atoms with van der Waals surface area (Å²) >= 11 is 0. The number of rotatable bonds is 8. The first-order valence-corrected chi connectivity index (χ1v) is 10.5. The fraction of sp³-hybridized carbons (Fsp3) is 0.250. The van der Waals surface area contributed by atoms with Gasteiger partial charge in [0.1, 0.15) is 0 Å². The topological polar surface area (TPSA) is 102 Å². The zero-order valence-electron chi connectivity index (χ0n) is 15.5. The number of aryl methyl sites for hydroxylation is 2. The van der Waals surface area contributed by atoms with E-state index in [1.54, 1.807) is 30.3 Å². The minimum Gasteiger partial charge on any atom is -0.413 e. The second kappa shape index (κ2) is 8.79. The number of benzene rings is 2. The largest absolute Gasteiger partial charge is 0.413 e. The molecule has 146 valence electrons. The Labute approximate surface area is 163 Å². The molecule has 0 saturated carbocycles. The second-order valence-corrected chi connectivity index (χ2v) is 8.30. The van der Waals surface area contributed by atoms with Crippen molar-refractivity contribution in [1.29, 1.82) is 0 Å². The molecule has 0 radical (unpaired) electrons. The zero-order chi connectivity index (χ0) is 20.0. The number of sulfone groups is 1. The molecule has 2 aromatic carbocycles. The van der Waals surface area contributed by atoms with Crippen molar-refractivity contribution in [2.24, 2.45) is 0 Å². The number of hydrogen-bond donors (Lipinski definition) is 1. The van der Waals surface area contributed by atoms with Crippen molar-refractivity contribution in [2.75, 3.05) is 6.54 Å². The normalized spacial score (nSPS) is 11.3. The van der Waals surface area contributed by atoms with Crippen molar-refractivity contribution in [2.45, 2.75) is 30.7 Å². The summed E-state index contributed by atoms with van der Waals surface area (Å²) in [5, 5.41) is 9.90. The van der Waals surface area contributed by atoms with E-state index >= 15 is 0 Å². The van der Waals surface area contributed by atoms with Gasteiger partial charge in [-0.05, 0) is 31.0 Å². The van der Waals surface area contributed by atoms with Crippen LogP contribution in [0.2, 0.25) is 0 Å². The molecule has 28 heavy (non-hydrogen) atoms. The molecule has 0 atom stereocenters. The first-order chi connectivity index (χ1) is 13.4. The van der Waals surface area contributed by atoms with Gasteiger partial charge in [-0.25, -0.2) is 8.42 Å². The van der Waals surface area contributed by atoms with Crippen molar-refractivity contribution in [1.82, 2.24) is 15.5 Å². The van der Waals surface area contributed by atoms with Crippen molar-refractivity contribution in [3.8, 4) is 0 Å². The average molecular weight is 399 g/mol. The van der Waals surface area contributed by atoms with Crippen LogP contribution in [-0.4, -0.2) is 31.1 Å². The summed E-state index contributed by atoms with van der Waals surface area (Å²) in [5.74, 6) is -0.112. The van der Waals surface area contributed by atoms with Crippen LogP contribution in [0.1, 0.15) is 33.8 Å². The first-order valence-electron chi connectivity index (χ1n) is 8.88. The van der Waals surface area contributed by atoms with E-state index in [0.717, 1.165) is 5.56 Å². The summed E-state index contributed by atoms with van der Waals surface area (Å²) in [4.78, 5) is 12.1. The second-order valence-electron chi connectivity index (χ2n) is 6.44. The highest BCUT2D eigenvalue weighted by molar-refractivity contribution is 7.90. The molecule has 1 aromatic heterocycles. The molecule has 1 amide bonds. The van der Waals surface area contributed by atoms with E-state index in [9.17, 15) is 13.2 Å². The van der Waals surface area contributed by atoms with E-state index in [1.165, 1.54) is 0 Å². The fourth-order valence-electron chi connectivity index (χ4n) is 2.65. The van der Waals surface area contributed by atoms with Crippen LogP contribution < -0.4 is 5.32 Å². The first kappa shape index (κ1) is 19.8. The van der Waals surface area contributed by atoms with Gasteiger partial charge >= 0.3 is 5.22 Å². The monoisotopic (exact) mass is 399 g/mol. The van der Waals surface area contributed by atoms with Gasteiger partial charge in [-0.15, -0.1) is 5.10 Å². The molecule has 0 aliphatic rings. The van der Waals surface area contributed by atoms with E-state index in [4.69, 9.17) is 4.42 Å². The van der Waals surface area contributed by atoms with Crippen molar-refractivity contribution < 1.29 is 17.6 Å². The average Bonchev–Trinajstić information content (AvgIpc) is 3.15. The van der Waals surface area contributed by atoms with Gasteiger partial charge in [0.25, 0.3) is 5.91 Å². The Bertz CT molecular complexity index is 1050. The molecule has 1 heterocycles. The van der Waals surface area contributed by atoms with Gasteiger partial charge < -0.3 is 9.73 Å². The number of carbonyl (C=O) groups is 1. The third-order valence-corrected chi connectivity index (χ3v) is 5.46. The highest BCUT2D eigenvalue weighted by Gasteiger charge is 2.22. The highest BCUT2D eigenvalue weighted by Crippen LogP contribution is 2.15. The minimum absolute atomic E-state index is 0.152. The van der Waals surface area contributed by atoms with Crippen LogP contribution in [0.4, 0.5) is 0 Å². The van der Waals surface area contributed by atoms with Crippen LogP contribution >= 0.6 is 0 Å². The van der Waals surface area contributed by atoms with Gasteiger partial charge in [0.05, 0.1) is 5.75 Å². The number of amides is 1. The SMILES string of the molecule is Cc1cccc(C(=O)NCCCc2nnc(S(=O)(=O)Cc3ccccc3)o2)c1. The number of nitrogens with zero attached hydrogens (tertiary/aromatic N) is 2. The maximum absolute atomic E-state index is 12.4. The Hall–Kier alpha value is -3.00. The molecule has 0 aliphatic heterocycles. The predicted molar refractivity (Wildman–Crippen MR) is 103 cm³/mol. The van der Waals surface area contributed by atoms with E-state index in [2.05, 4.69) is 15.5 Å². The molecule has 1 N–H and O–H groups in total. The van der Waals surface area contributed by atoms with Crippen LogP contribution in [0.5, 0.6) is 0 Å². The quantitative estimate of drug-likeness (QED) is 0.584. The lowest BCUT2D eigenvalue weighted by atomic mass is 10.1. The lowest BCUT2D eigenvalue weighted by molar-refractivity contribution is 0.0953. The standard InChI is InChI=1S/C20H21N3O4S/c1-15-7-5-10-17(13-15)19(24)21-12-6-11-18-22-23-20(27-18)28(25,26)14-16-8-3-2-4-9-16/h2-5,7-10,13H,6,11-12,14H2,1H3,(H,21,24). The number of hydrogen-bond acceptors (Lipinski definition) is 6. The smallest absolute Gasteiger partial charge is 0.335 e. The number of aromatic nitrogens is 2. The molecule has 3 rings (SSSR count). The summed E-state index contributed by atoms with van der Waals surface area (Å²) in [6, 6.07) is 16.2. The molecule has 0 spiro atoms. The Morgan fingerprint density at radius 2 is 1.86 bits per heavy atom. The Morgan fingerprint density at radius 3 is 2.61 bits per heavy atom. The predicted octanol–water partition coefficient (Wildman–Crippen LogP) is 2.71. The maximum atomic E-state index is 12.4. The van der Waals surface area contributed by atoms with E-state index in [-0.39, 0.29) is 22.8 Å². The Kier molecular flexibility index (Phi) is 6.20. The molecule has 0 bridgehead atoms. The number of nitrogens with one attached hydrogen (secondary N) is 1. The summed E-state index contributed by atoms with van der Waals surface area (Å²) < 4.78 is 30.0. The summed E-state index contributed by atoms with van der Waals surface area (Å²) in [6.45, 7) is 2.34. The van der Waals surface area contributed by atoms with Crippen LogP contribution in [0.3, 0.4) is 0 Å². The van der Waals surface area contributed by atoms with Crippen molar-refractivity contribution in [3.05, 3.63) is 77.2 Å². The number of carbonyl (C=O) groups excluding carboxylic acids is 1. The lowest BCUT2D eigenvalue weighted by Crippen LogP contribution is -2.24. The Morgan fingerprint density at radius 1 is 1.07 bits per heavy atom. The summed E-state index contributed by atoms with van der Waals surface area (Å²) in [7, 11) is -3.69. The van der Waals surface area contributed by atoms with E-state index in [0.29, 0.717) is 30.5 Å².